The topological polar surface area (TPSA) is 55.4 Å². The van der Waals surface area contributed by atoms with Crippen LogP contribution < -0.4 is 5.32 Å². The molecule has 0 saturated heterocycles. The average molecular weight is 392 g/mol. The Kier molecular flexibility index (Phi) is 8.01. The number of ether oxygens (including phenoxy) is 1. The van der Waals surface area contributed by atoms with E-state index in [9.17, 15) is 9.59 Å². The van der Waals surface area contributed by atoms with Crippen molar-refractivity contribution in [2.75, 3.05) is 12.0 Å². The molecular formula is C20H22ClNO3S. The van der Waals surface area contributed by atoms with Crippen LogP contribution in [0.15, 0.2) is 48.5 Å². The Balaban J connectivity index is 1.99. The van der Waals surface area contributed by atoms with Gasteiger partial charge < -0.3 is 10.1 Å². The van der Waals surface area contributed by atoms with Gasteiger partial charge in [-0.05, 0) is 55.2 Å². The molecule has 1 amide bonds. The highest BCUT2D eigenvalue weighted by molar-refractivity contribution is 7.98. The van der Waals surface area contributed by atoms with E-state index < -0.39 is 12.0 Å². The number of hydrogen-bond acceptors (Lipinski definition) is 4. The van der Waals surface area contributed by atoms with Crippen molar-refractivity contribution in [1.29, 1.82) is 0 Å². The van der Waals surface area contributed by atoms with Gasteiger partial charge in [-0.25, -0.2) is 4.79 Å². The van der Waals surface area contributed by atoms with Crippen LogP contribution >= 0.6 is 23.4 Å². The van der Waals surface area contributed by atoms with Gasteiger partial charge in [-0.15, -0.1) is 0 Å². The highest BCUT2D eigenvalue weighted by atomic mass is 35.5. The molecule has 4 nitrogen and oxygen atoms in total. The summed E-state index contributed by atoms with van der Waals surface area (Å²) in [6, 6.07) is 13.7. The predicted octanol–water partition coefficient (Wildman–Crippen LogP) is 4.24. The minimum atomic E-state index is -0.678. The molecule has 0 bridgehead atoms. The number of carbonyl (C=O) groups excluding carboxylic acids is 2. The molecule has 2 aromatic rings. The molecule has 6 heteroatoms. The van der Waals surface area contributed by atoms with Gasteiger partial charge in [0.05, 0.1) is 0 Å². The number of hydrogen-bond donors (Lipinski definition) is 1. The first-order valence-corrected chi connectivity index (χ1v) is 10.0. The Bertz CT molecular complexity index is 749. The van der Waals surface area contributed by atoms with Gasteiger partial charge in [-0.2, -0.15) is 11.8 Å². The Morgan fingerprint density at radius 2 is 1.92 bits per heavy atom. The minimum Gasteiger partial charge on any atom is -0.459 e. The van der Waals surface area contributed by atoms with Gasteiger partial charge in [-0.1, -0.05) is 41.4 Å². The van der Waals surface area contributed by atoms with E-state index in [-0.39, 0.29) is 12.5 Å². The molecule has 0 aliphatic rings. The summed E-state index contributed by atoms with van der Waals surface area (Å²) in [5, 5.41) is 3.42. The molecule has 0 aromatic heterocycles. The number of benzene rings is 2. The maximum absolute atomic E-state index is 12.5. The summed E-state index contributed by atoms with van der Waals surface area (Å²) in [7, 11) is 0. The van der Waals surface area contributed by atoms with Crippen molar-refractivity contribution in [3.05, 3.63) is 70.2 Å². The monoisotopic (exact) mass is 391 g/mol. The van der Waals surface area contributed by atoms with Gasteiger partial charge in [-0.3, -0.25) is 4.79 Å². The van der Waals surface area contributed by atoms with E-state index in [1.54, 1.807) is 48.2 Å². The molecule has 0 spiro atoms. The smallest absolute Gasteiger partial charge is 0.329 e. The third-order valence-corrected chi connectivity index (χ3v) is 4.67. The van der Waals surface area contributed by atoms with Crippen LogP contribution in [0.4, 0.5) is 0 Å². The molecule has 0 saturated carbocycles. The first kappa shape index (κ1) is 20.3. The highest BCUT2D eigenvalue weighted by Crippen LogP contribution is 2.12. The number of halogens is 1. The summed E-state index contributed by atoms with van der Waals surface area (Å²) in [5.41, 5.74) is 2.37. The van der Waals surface area contributed by atoms with Crippen LogP contribution in [0, 0.1) is 6.92 Å². The largest absolute Gasteiger partial charge is 0.459 e. The maximum atomic E-state index is 12.5. The van der Waals surface area contributed by atoms with Crippen LogP contribution in [0.1, 0.15) is 27.9 Å². The van der Waals surface area contributed by atoms with Crippen LogP contribution in [-0.2, 0) is 16.1 Å². The van der Waals surface area contributed by atoms with E-state index in [0.29, 0.717) is 17.0 Å². The third kappa shape index (κ3) is 6.39. The van der Waals surface area contributed by atoms with Gasteiger partial charge in [0.2, 0.25) is 0 Å². The molecule has 138 valence electrons. The second kappa shape index (κ2) is 10.2. The lowest BCUT2D eigenvalue weighted by molar-refractivity contribution is -0.147. The molecule has 2 rings (SSSR count). The second-order valence-electron chi connectivity index (χ2n) is 5.91. The van der Waals surface area contributed by atoms with Gasteiger partial charge in [0.25, 0.3) is 5.91 Å². The van der Waals surface area contributed by atoms with Crippen LogP contribution in [0.3, 0.4) is 0 Å². The summed E-state index contributed by atoms with van der Waals surface area (Å²) in [6.07, 6.45) is 2.47. The number of nitrogens with one attached hydrogen (secondary N) is 1. The van der Waals surface area contributed by atoms with Gasteiger partial charge in [0, 0.05) is 10.6 Å². The van der Waals surface area contributed by atoms with E-state index in [1.165, 1.54) is 0 Å². The molecule has 1 N–H and O–H groups in total. The lowest BCUT2D eigenvalue weighted by Gasteiger charge is -2.17. The Labute approximate surface area is 163 Å². The third-order valence-electron chi connectivity index (χ3n) is 3.78. The zero-order valence-electron chi connectivity index (χ0n) is 14.8. The number of carbonyl (C=O) groups is 2. The fraction of sp³-hybridized carbons (Fsp3) is 0.300. The van der Waals surface area contributed by atoms with Crippen molar-refractivity contribution in [2.24, 2.45) is 0 Å². The summed E-state index contributed by atoms with van der Waals surface area (Å²) < 4.78 is 5.38. The molecule has 0 aliphatic heterocycles. The fourth-order valence-electron chi connectivity index (χ4n) is 2.35. The predicted molar refractivity (Wildman–Crippen MR) is 107 cm³/mol. The molecular weight excluding hydrogens is 370 g/mol. The molecule has 2 aromatic carbocycles. The van der Waals surface area contributed by atoms with Crippen molar-refractivity contribution in [3.8, 4) is 0 Å². The van der Waals surface area contributed by atoms with Gasteiger partial charge in [0.1, 0.15) is 12.6 Å². The zero-order valence-corrected chi connectivity index (χ0v) is 16.4. The summed E-state index contributed by atoms with van der Waals surface area (Å²) in [5.74, 6) is 0.0349. The first-order chi connectivity index (χ1) is 12.5. The molecule has 0 fully saturated rings. The Morgan fingerprint density at radius 3 is 2.58 bits per heavy atom. The first-order valence-electron chi connectivity index (χ1n) is 8.27. The van der Waals surface area contributed by atoms with Gasteiger partial charge >= 0.3 is 5.97 Å². The van der Waals surface area contributed by atoms with Crippen LogP contribution in [0.2, 0.25) is 5.02 Å². The van der Waals surface area contributed by atoms with E-state index in [2.05, 4.69) is 5.32 Å². The van der Waals surface area contributed by atoms with Crippen LogP contribution in [0.25, 0.3) is 0 Å². The quantitative estimate of drug-likeness (QED) is 0.683. The second-order valence-corrected chi connectivity index (χ2v) is 7.33. The molecule has 0 heterocycles. The van der Waals surface area contributed by atoms with Crippen molar-refractivity contribution >= 4 is 35.2 Å². The van der Waals surface area contributed by atoms with E-state index in [4.69, 9.17) is 16.3 Å². The van der Waals surface area contributed by atoms with Crippen molar-refractivity contribution in [2.45, 2.75) is 26.0 Å². The SMILES string of the molecule is CSCC[C@@H](NC(=O)c1cccc(C)c1)C(=O)OCc1ccc(Cl)cc1. The van der Waals surface area contributed by atoms with E-state index in [0.717, 1.165) is 16.9 Å². The van der Waals surface area contributed by atoms with Gasteiger partial charge in [0.15, 0.2) is 0 Å². The summed E-state index contributed by atoms with van der Waals surface area (Å²) in [4.78, 5) is 24.9. The molecule has 0 radical (unpaired) electrons. The lowest BCUT2D eigenvalue weighted by atomic mass is 10.1. The minimum absolute atomic E-state index is 0.145. The highest BCUT2D eigenvalue weighted by Gasteiger charge is 2.22. The van der Waals surface area contributed by atoms with Crippen molar-refractivity contribution in [1.82, 2.24) is 5.32 Å². The maximum Gasteiger partial charge on any atom is 0.329 e. The molecule has 0 unspecified atom stereocenters. The molecule has 26 heavy (non-hydrogen) atoms. The molecule has 0 aliphatic carbocycles. The van der Waals surface area contributed by atoms with Crippen LogP contribution in [0.5, 0.6) is 0 Å². The van der Waals surface area contributed by atoms with Crippen molar-refractivity contribution < 1.29 is 14.3 Å². The lowest BCUT2D eigenvalue weighted by Crippen LogP contribution is -2.42. The standard InChI is InChI=1S/C20H22ClNO3S/c1-14-4-3-5-16(12-14)19(23)22-18(10-11-26-2)20(24)25-13-15-6-8-17(21)9-7-15/h3-9,12,18H,10-11,13H2,1-2H3,(H,22,23)/t18-/m1/s1. The van der Waals surface area contributed by atoms with E-state index in [1.807, 2.05) is 25.3 Å². The number of amides is 1. The zero-order chi connectivity index (χ0) is 18.9. The van der Waals surface area contributed by atoms with Crippen molar-refractivity contribution in [3.63, 3.8) is 0 Å². The average Bonchev–Trinajstić information content (AvgIpc) is 2.64. The van der Waals surface area contributed by atoms with E-state index >= 15 is 0 Å². The number of rotatable bonds is 8. The summed E-state index contributed by atoms with van der Waals surface area (Å²) >= 11 is 7.47. The fourth-order valence-corrected chi connectivity index (χ4v) is 2.95. The Morgan fingerprint density at radius 1 is 1.19 bits per heavy atom. The van der Waals surface area contributed by atoms with Crippen LogP contribution in [-0.4, -0.2) is 29.9 Å². The normalized spacial score (nSPS) is 11.7. The number of thioether (sulfide) groups is 1. The summed E-state index contributed by atoms with van der Waals surface area (Å²) in [6.45, 7) is 2.06. The molecule has 1 atom stereocenters. The Hall–Kier alpha value is -1.98. The number of aryl methyl sites for hydroxylation is 1. The number of esters is 1.